The van der Waals surface area contributed by atoms with Gasteiger partial charge in [-0.2, -0.15) is 0 Å². The lowest BCUT2D eigenvalue weighted by Crippen LogP contribution is -2.42. The van der Waals surface area contributed by atoms with E-state index in [2.05, 4.69) is 125 Å². The number of benzene rings is 12. The highest BCUT2D eigenvalue weighted by atomic mass is 16.5. The number of methoxy groups -OCH3 is 4. The molecule has 12 aromatic rings. The highest BCUT2D eigenvalue weighted by molar-refractivity contribution is 5.69. The summed E-state index contributed by atoms with van der Waals surface area (Å²) in [7, 11) is 6.69. The molecule has 13 rings (SSSR count). The first-order valence-electron chi connectivity index (χ1n) is 45.3. The van der Waals surface area contributed by atoms with Crippen molar-refractivity contribution in [3.63, 3.8) is 0 Å². The Labute approximate surface area is 769 Å². The van der Waals surface area contributed by atoms with E-state index in [0.29, 0.717) is 120 Å². The smallest absolute Gasteiger partial charge is 0.126 e. The maximum absolute atomic E-state index is 11.7. The average Bonchev–Trinajstić information content (AvgIpc) is 0.709. The van der Waals surface area contributed by atoms with E-state index >= 15 is 0 Å². The van der Waals surface area contributed by atoms with Crippen LogP contribution >= 0.6 is 0 Å². The molecular weight excluding hydrogens is 1630 g/mol. The topological polar surface area (TPSA) is 236 Å². The molecule has 0 bridgehead atoms. The Morgan fingerprint density at radius 1 is 0.185 bits per heavy atom. The van der Waals surface area contributed by atoms with E-state index in [0.717, 1.165) is 156 Å². The zero-order chi connectivity index (χ0) is 94.1. The van der Waals surface area contributed by atoms with Crippen molar-refractivity contribution >= 4 is 0 Å². The Bertz CT molecular complexity index is 5300. The van der Waals surface area contributed by atoms with Crippen LogP contribution in [0, 0.1) is 138 Å². The summed E-state index contributed by atoms with van der Waals surface area (Å²) in [6, 6.07) is 50.4. The quantitative estimate of drug-likeness (QED) is 0.0145. The lowest BCUT2D eigenvalue weighted by atomic mass is 9.54. The third kappa shape index (κ3) is 18.8. The molecule has 0 unspecified atom stereocenters. The minimum absolute atomic E-state index is 0.170. The Kier molecular flexibility index (Phi) is 29.0. The van der Waals surface area contributed by atoms with Crippen LogP contribution in [0.25, 0.3) is 0 Å². The molecule has 0 aliphatic heterocycles. The lowest BCUT2D eigenvalue weighted by Gasteiger charge is -2.49. The molecule has 12 aromatic carbocycles. The summed E-state index contributed by atoms with van der Waals surface area (Å²) in [4.78, 5) is 0. The number of hydrogen-bond donors (Lipinski definition) is 8. The van der Waals surface area contributed by atoms with Gasteiger partial charge in [-0.05, 0) is 391 Å². The lowest BCUT2D eigenvalue weighted by molar-refractivity contribution is 0.145. The van der Waals surface area contributed by atoms with Gasteiger partial charge in [-0.1, -0.05) is 97.1 Å². The Balaban J connectivity index is 1.23. The van der Waals surface area contributed by atoms with Gasteiger partial charge in [-0.15, -0.1) is 0 Å². The van der Waals surface area contributed by atoms with Crippen molar-refractivity contribution in [3.8, 4) is 69.0 Å². The number of phenolic OH excluding ortho intramolecular Hbond substituents is 8. The summed E-state index contributed by atoms with van der Waals surface area (Å²) in [6.07, 6.45) is 1.91. The van der Waals surface area contributed by atoms with Crippen molar-refractivity contribution in [2.75, 3.05) is 81.3 Å². The standard InChI is InChI=1S/C114H132O16/c1-61-49-97(115)69(9)41-85(61)105(86-42-70(10)98(116)50-62(86)2)93-57-81(37-77(17)109(93)127-33-29-123-21)113(82-38-78(18)110(128-34-30-124-22)94(58-82)106(87-43-71(11)99(117)51-63(87)3)88-44-72(12)100(118)52-64(88)4)25-27-114(28-26-113,83-39-79(19)111(129-35-31-125-23)95(59-83)107(89-45-73(13)101(119)53-65(89)5)90-46-74(14)102(120)54-66(90)6)84-40-80(20)112(130-36-32-126-24)96(60-84)108(91-47-75(15)103(121)55-67(91)7)92-48-76(16)104(122)56-68(92)8/h37-60,105-108,115-122H,25-36H2,1-24H3. The molecule has 0 saturated heterocycles. The van der Waals surface area contributed by atoms with Gasteiger partial charge in [0.15, 0.2) is 0 Å². The Morgan fingerprint density at radius 3 is 0.469 bits per heavy atom. The van der Waals surface area contributed by atoms with Gasteiger partial charge >= 0.3 is 0 Å². The summed E-state index contributed by atoms with van der Waals surface area (Å²) < 4.78 is 52.2. The van der Waals surface area contributed by atoms with Crippen LogP contribution in [0.4, 0.5) is 0 Å². The van der Waals surface area contributed by atoms with Crippen LogP contribution in [0.15, 0.2) is 146 Å². The van der Waals surface area contributed by atoms with Crippen LogP contribution < -0.4 is 18.9 Å². The van der Waals surface area contributed by atoms with E-state index in [1.807, 2.05) is 159 Å². The van der Waals surface area contributed by atoms with Gasteiger partial charge in [0, 0.05) is 85.2 Å². The summed E-state index contributed by atoms with van der Waals surface area (Å²) in [6.45, 7) is 42.4. The first-order valence-corrected chi connectivity index (χ1v) is 45.3. The molecule has 0 amide bonds. The fourth-order valence-corrected chi connectivity index (χ4v) is 20.5. The van der Waals surface area contributed by atoms with Gasteiger partial charge in [0.05, 0.1) is 26.4 Å². The highest BCUT2D eigenvalue weighted by Gasteiger charge is 2.50. The second-order valence-corrected chi connectivity index (χ2v) is 37.1. The van der Waals surface area contributed by atoms with Gasteiger partial charge in [-0.3, -0.25) is 0 Å². The minimum Gasteiger partial charge on any atom is -0.508 e. The molecule has 8 N–H and O–H groups in total. The van der Waals surface area contributed by atoms with Crippen molar-refractivity contribution in [3.05, 3.63) is 346 Å². The third-order valence-corrected chi connectivity index (χ3v) is 27.9. The van der Waals surface area contributed by atoms with E-state index < -0.39 is 34.5 Å². The number of phenols is 8. The largest absolute Gasteiger partial charge is 0.508 e. The van der Waals surface area contributed by atoms with Crippen LogP contribution in [0.3, 0.4) is 0 Å². The van der Waals surface area contributed by atoms with E-state index in [-0.39, 0.29) is 72.4 Å². The zero-order valence-electron chi connectivity index (χ0n) is 80.5. The van der Waals surface area contributed by atoms with Crippen LogP contribution in [0.1, 0.15) is 250 Å². The van der Waals surface area contributed by atoms with Crippen molar-refractivity contribution < 1.29 is 78.7 Å². The summed E-state index contributed by atoms with van der Waals surface area (Å²) in [5.41, 5.74) is 29.0. The van der Waals surface area contributed by atoms with Crippen molar-refractivity contribution in [2.24, 2.45) is 0 Å². The van der Waals surface area contributed by atoms with Crippen molar-refractivity contribution in [2.45, 2.75) is 199 Å². The minimum atomic E-state index is -0.969. The second kappa shape index (κ2) is 39.4. The Hall–Kier alpha value is -11.9. The molecule has 0 heterocycles. The molecule has 1 aliphatic rings. The molecule has 0 radical (unpaired) electrons. The third-order valence-electron chi connectivity index (χ3n) is 27.9. The molecule has 0 aromatic heterocycles. The fourth-order valence-electron chi connectivity index (χ4n) is 20.5. The number of aryl methyl sites for hydroxylation is 20. The number of aromatic hydroxyl groups is 8. The summed E-state index contributed by atoms with van der Waals surface area (Å²) in [5, 5.41) is 93.5. The molecule has 1 aliphatic carbocycles. The van der Waals surface area contributed by atoms with Crippen LogP contribution in [-0.2, 0) is 29.8 Å². The molecule has 0 spiro atoms. The number of hydrogen-bond acceptors (Lipinski definition) is 16. The molecule has 16 nitrogen and oxygen atoms in total. The zero-order valence-corrected chi connectivity index (χ0v) is 80.5. The fraction of sp³-hybridized carbons (Fsp3) is 0.368. The highest BCUT2D eigenvalue weighted by Crippen LogP contribution is 2.61. The normalized spacial score (nSPS) is 13.2. The number of ether oxygens (including phenoxy) is 8. The van der Waals surface area contributed by atoms with Crippen molar-refractivity contribution in [1.82, 2.24) is 0 Å². The van der Waals surface area contributed by atoms with Crippen molar-refractivity contribution in [1.29, 1.82) is 0 Å². The molecule has 1 saturated carbocycles. The van der Waals surface area contributed by atoms with Gasteiger partial charge in [0.25, 0.3) is 0 Å². The molecule has 16 heteroatoms. The van der Waals surface area contributed by atoms with Gasteiger partial charge in [0.2, 0.25) is 0 Å². The second-order valence-electron chi connectivity index (χ2n) is 37.1. The van der Waals surface area contributed by atoms with E-state index in [4.69, 9.17) is 37.9 Å². The SMILES string of the molecule is COCCOc1c(C)cc(C2(c3cc(C)c(OCCOC)c(C(c4cc(C)c(O)cc4C)c4cc(C)c(O)cc4C)c3)CCC(c3cc(C)c(OCCOC)c(C(c4cc(C)c(O)cc4C)c4cc(C)c(O)cc4C)c3)(c3cc(C)c(OCCOC)c(C(c4cc(C)c(O)cc4C)c4cc(C)c(O)cc4C)c3)CC2)cc1C(c1cc(C)c(O)cc1C)c1cc(C)c(O)cc1C. The predicted octanol–water partition coefficient (Wildman–Crippen LogP) is 24.2. The monoisotopic (exact) mass is 1760 g/mol. The molecule has 130 heavy (non-hydrogen) atoms. The Morgan fingerprint density at radius 2 is 0.331 bits per heavy atom. The summed E-state index contributed by atoms with van der Waals surface area (Å²) >= 11 is 0. The molecule has 1 fully saturated rings. The van der Waals surface area contributed by atoms with E-state index in [1.165, 1.54) is 0 Å². The first kappa shape index (κ1) is 95.7. The molecular formula is C114H132O16. The van der Waals surface area contributed by atoms with E-state index in [1.54, 1.807) is 28.4 Å². The maximum atomic E-state index is 11.7. The van der Waals surface area contributed by atoms with Crippen LogP contribution in [-0.4, -0.2) is 122 Å². The maximum Gasteiger partial charge on any atom is 0.126 e. The van der Waals surface area contributed by atoms with Crippen LogP contribution in [0.2, 0.25) is 0 Å². The average molecular weight is 1760 g/mol. The number of rotatable bonds is 32. The van der Waals surface area contributed by atoms with Crippen LogP contribution in [0.5, 0.6) is 69.0 Å². The summed E-state index contributed by atoms with van der Waals surface area (Å²) in [5.74, 6) is 1.80. The molecule has 0 atom stereocenters. The predicted molar refractivity (Wildman–Crippen MR) is 519 cm³/mol. The molecule has 684 valence electrons. The van der Waals surface area contributed by atoms with Gasteiger partial charge < -0.3 is 78.7 Å². The van der Waals surface area contributed by atoms with E-state index in [9.17, 15) is 40.9 Å². The van der Waals surface area contributed by atoms with Gasteiger partial charge in [-0.25, -0.2) is 0 Å². The first-order chi connectivity index (χ1) is 61.8. The van der Waals surface area contributed by atoms with Gasteiger partial charge in [0.1, 0.15) is 95.4 Å².